The summed E-state index contributed by atoms with van der Waals surface area (Å²) in [6.07, 6.45) is 6.76. The Bertz CT molecular complexity index is 335. The van der Waals surface area contributed by atoms with Crippen LogP contribution in [-0.4, -0.2) is 29.7 Å². The van der Waals surface area contributed by atoms with Gasteiger partial charge in [-0.05, 0) is 0 Å². The molecular formula is C13H24BNSn. The number of allylic oxidation sites excluding steroid dienone is 1. The number of hydrogen-bond donors (Lipinski definition) is 0. The van der Waals surface area contributed by atoms with Gasteiger partial charge in [-0.15, -0.1) is 0 Å². The van der Waals surface area contributed by atoms with Gasteiger partial charge in [0, 0.05) is 0 Å². The van der Waals surface area contributed by atoms with Gasteiger partial charge in [-0.3, -0.25) is 0 Å². The summed E-state index contributed by atoms with van der Waals surface area (Å²) in [4.78, 5) is 7.44. The van der Waals surface area contributed by atoms with E-state index in [9.17, 15) is 0 Å². The Balaban J connectivity index is 2.98. The van der Waals surface area contributed by atoms with Gasteiger partial charge >= 0.3 is 105 Å². The van der Waals surface area contributed by atoms with E-state index in [1.807, 2.05) is 0 Å². The maximum absolute atomic E-state index is 2.64. The fourth-order valence-corrected chi connectivity index (χ4v) is 6.52. The number of rotatable bonds is 5. The van der Waals surface area contributed by atoms with Gasteiger partial charge in [0.2, 0.25) is 0 Å². The van der Waals surface area contributed by atoms with Crippen molar-refractivity contribution in [1.29, 1.82) is 0 Å². The Labute approximate surface area is 105 Å². The summed E-state index contributed by atoms with van der Waals surface area (Å²) in [6.45, 7) is 5.15. The molecule has 0 saturated heterocycles. The van der Waals surface area contributed by atoms with E-state index >= 15 is 0 Å². The van der Waals surface area contributed by atoms with Crippen molar-refractivity contribution in [2.75, 3.05) is 0 Å². The molecule has 0 aliphatic carbocycles. The summed E-state index contributed by atoms with van der Waals surface area (Å²) in [5.41, 5.74) is 1.64. The Morgan fingerprint density at radius 2 is 1.75 bits per heavy atom. The van der Waals surface area contributed by atoms with Gasteiger partial charge in [0.25, 0.3) is 0 Å². The van der Waals surface area contributed by atoms with Crippen molar-refractivity contribution in [3.8, 4) is 0 Å². The molecule has 0 unspecified atom stereocenters. The summed E-state index contributed by atoms with van der Waals surface area (Å²) >= 11 is -1.81. The molecule has 1 aromatic heterocycles. The minimum absolute atomic E-state index is 0.580. The van der Waals surface area contributed by atoms with Crippen LogP contribution in [0.25, 0.3) is 0 Å². The second kappa shape index (κ2) is 5.99. The molecule has 0 aliphatic rings. The molecule has 0 N–H and O–H groups in total. The summed E-state index contributed by atoms with van der Waals surface area (Å²) in [6, 6.07) is 4.24. The van der Waals surface area contributed by atoms with E-state index in [2.05, 4.69) is 61.8 Å². The molecule has 0 aliphatic heterocycles. The van der Waals surface area contributed by atoms with Crippen LogP contribution < -0.4 is 0 Å². The molecule has 88 valence electrons. The SMILES string of the molecule is CCB(/C(=[CH]\[Sn]([CH3])([CH3])[CH3])CC)n1cccc1. The zero-order valence-electron chi connectivity index (χ0n) is 11.3. The molecule has 1 rings (SSSR count). The molecule has 0 radical (unpaired) electrons. The van der Waals surface area contributed by atoms with Gasteiger partial charge in [-0.1, -0.05) is 0 Å². The first-order valence-electron chi connectivity index (χ1n) is 6.32. The molecule has 0 saturated carbocycles. The third kappa shape index (κ3) is 4.04. The Kier molecular flexibility index (Phi) is 5.22. The normalized spacial score (nSPS) is 12.9. The number of aromatic nitrogens is 1. The molecule has 1 heterocycles. The van der Waals surface area contributed by atoms with Crippen LogP contribution >= 0.6 is 0 Å². The average Bonchev–Trinajstić information content (AvgIpc) is 2.68. The molecule has 0 aromatic carbocycles. The topological polar surface area (TPSA) is 4.93 Å². The van der Waals surface area contributed by atoms with Crippen LogP contribution in [0.5, 0.6) is 0 Å². The van der Waals surface area contributed by atoms with Crippen LogP contribution in [0.1, 0.15) is 20.3 Å². The maximum atomic E-state index is 2.64. The molecule has 1 aromatic rings. The van der Waals surface area contributed by atoms with Crippen LogP contribution in [0.15, 0.2) is 34.1 Å². The second-order valence-electron chi connectivity index (χ2n) is 5.49. The van der Waals surface area contributed by atoms with Crippen molar-refractivity contribution in [1.82, 2.24) is 4.48 Å². The van der Waals surface area contributed by atoms with Crippen molar-refractivity contribution >= 4 is 25.2 Å². The quantitative estimate of drug-likeness (QED) is 0.719. The van der Waals surface area contributed by atoms with Crippen LogP contribution in [-0.2, 0) is 0 Å². The van der Waals surface area contributed by atoms with Crippen molar-refractivity contribution in [2.24, 2.45) is 0 Å². The second-order valence-corrected chi connectivity index (χ2v) is 19.8. The Hall–Kier alpha value is -0.116. The van der Waals surface area contributed by atoms with Crippen molar-refractivity contribution < 1.29 is 0 Å². The fourth-order valence-electron chi connectivity index (χ4n) is 2.21. The zero-order valence-corrected chi connectivity index (χ0v) is 14.2. The van der Waals surface area contributed by atoms with E-state index < -0.39 is 18.4 Å². The fraction of sp³-hybridized carbons (Fsp3) is 0.538. The number of hydrogen-bond acceptors (Lipinski definition) is 0. The minimum atomic E-state index is -1.81. The van der Waals surface area contributed by atoms with Gasteiger partial charge in [0.1, 0.15) is 0 Å². The molecule has 3 heteroatoms. The van der Waals surface area contributed by atoms with Crippen LogP contribution in [0.3, 0.4) is 0 Å². The third-order valence-electron chi connectivity index (χ3n) is 2.83. The molecule has 0 fully saturated rings. The summed E-state index contributed by atoms with van der Waals surface area (Å²) in [5.74, 6) is 0. The first kappa shape index (κ1) is 13.9. The molecule has 0 bridgehead atoms. The van der Waals surface area contributed by atoms with Crippen molar-refractivity contribution in [2.45, 2.75) is 41.4 Å². The monoisotopic (exact) mass is 325 g/mol. The number of nitrogens with zero attached hydrogens (tertiary/aromatic N) is 1. The summed E-state index contributed by atoms with van der Waals surface area (Å²) < 4.78 is 5.00. The third-order valence-corrected chi connectivity index (χ3v) is 6.36. The standard InChI is InChI=1S/C10H15BN.3CH3.Sn/c1-4-10(3)11(5-2)12-8-6-7-9-12;;;;/h3,6-9H,4-5H2,1-2H3;3*1H3;. The average molecular weight is 324 g/mol. The van der Waals surface area contributed by atoms with E-state index in [1.165, 1.54) is 12.7 Å². The molecule has 0 spiro atoms. The van der Waals surface area contributed by atoms with Crippen molar-refractivity contribution in [3.63, 3.8) is 0 Å². The van der Waals surface area contributed by atoms with Gasteiger partial charge in [0.05, 0.1) is 0 Å². The van der Waals surface area contributed by atoms with Gasteiger partial charge in [0.15, 0.2) is 0 Å². The summed E-state index contributed by atoms with van der Waals surface area (Å²) in [7, 11) is 0. The molecule has 0 atom stereocenters. The van der Waals surface area contributed by atoms with E-state index in [-0.39, 0.29) is 0 Å². The van der Waals surface area contributed by atoms with Gasteiger partial charge in [-0.2, -0.15) is 0 Å². The van der Waals surface area contributed by atoms with Crippen molar-refractivity contribution in [3.05, 3.63) is 34.1 Å². The Morgan fingerprint density at radius 3 is 2.12 bits per heavy atom. The van der Waals surface area contributed by atoms with Crippen LogP contribution in [0.4, 0.5) is 0 Å². The predicted octanol–water partition coefficient (Wildman–Crippen LogP) is 4.10. The van der Waals surface area contributed by atoms with Crippen LogP contribution in [0.2, 0.25) is 21.1 Å². The van der Waals surface area contributed by atoms with E-state index in [4.69, 9.17) is 0 Å². The van der Waals surface area contributed by atoms with E-state index in [1.54, 1.807) is 5.47 Å². The molecule has 0 amide bonds. The first-order valence-corrected chi connectivity index (χ1v) is 16.5. The first-order chi connectivity index (χ1) is 7.48. The van der Waals surface area contributed by atoms with Gasteiger partial charge in [-0.25, -0.2) is 0 Å². The van der Waals surface area contributed by atoms with Crippen LogP contribution in [0, 0.1) is 0 Å². The zero-order chi connectivity index (χ0) is 12.2. The molecule has 1 nitrogen and oxygen atoms in total. The summed E-state index contributed by atoms with van der Waals surface area (Å²) in [5, 5.41) is 0. The van der Waals surface area contributed by atoms with E-state index in [0.717, 1.165) is 0 Å². The van der Waals surface area contributed by atoms with Gasteiger partial charge < -0.3 is 0 Å². The molecule has 16 heavy (non-hydrogen) atoms. The Morgan fingerprint density at radius 1 is 1.19 bits per heavy atom. The molecular weight excluding hydrogens is 300 g/mol. The predicted molar refractivity (Wildman–Crippen MR) is 77.8 cm³/mol. The van der Waals surface area contributed by atoms with E-state index in [0.29, 0.717) is 6.85 Å².